The van der Waals surface area contributed by atoms with E-state index < -0.39 is 0 Å². The summed E-state index contributed by atoms with van der Waals surface area (Å²) in [6.07, 6.45) is 0. The molecule has 1 aromatic heterocycles. The number of benzene rings is 2. The number of fused-ring (bicyclic) bond motifs is 1. The van der Waals surface area contributed by atoms with Gasteiger partial charge in [0.15, 0.2) is 4.77 Å². The van der Waals surface area contributed by atoms with E-state index in [-0.39, 0.29) is 5.82 Å². The largest absolute Gasteiger partial charge is 0.331 e. The second-order valence-corrected chi connectivity index (χ2v) is 5.13. The van der Waals surface area contributed by atoms with Gasteiger partial charge in [0.1, 0.15) is 5.82 Å². The van der Waals surface area contributed by atoms with E-state index in [2.05, 4.69) is 4.98 Å². The molecule has 0 saturated carbocycles. The maximum absolute atomic E-state index is 13.2. The molecule has 1 N–H and O–H groups in total. The molecule has 0 unspecified atom stereocenters. The van der Waals surface area contributed by atoms with Gasteiger partial charge in [0, 0.05) is 5.02 Å². The first-order chi connectivity index (χ1) is 9.13. The van der Waals surface area contributed by atoms with Crippen LogP contribution in [0.1, 0.15) is 5.56 Å². The summed E-state index contributed by atoms with van der Waals surface area (Å²) in [6, 6.07) is 12.1. The van der Waals surface area contributed by atoms with Crippen LogP contribution in [0, 0.1) is 10.6 Å². The highest BCUT2D eigenvalue weighted by molar-refractivity contribution is 7.71. The minimum atomic E-state index is -0.244. The van der Waals surface area contributed by atoms with Crippen LogP contribution in [0.4, 0.5) is 4.39 Å². The van der Waals surface area contributed by atoms with E-state index in [4.69, 9.17) is 23.8 Å². The summed E-state index contributed by atoms with van der Waals surface area (Å²) in [5, 5.41) is 0.654. The predicted octanol–water partition coefficient (Wildman–Crippen LogP) is 4.54. The molecular formula is C14H10ClFN2S. The van der Waals surface area contributed by atoms with Crippen LogP contribution in [0.3, 0.4) is 0 Å². The van der Waals surface area contributed by atoms with Gasteiger partial charge in [-0.25, -0.2) is 4.39 Å². The fourth-order valence-electron chi connectivity index (χ4n) is 2.11. The smallest absolute Gasteiger partial charge is 0.178 e. The summed E-state index contributed by atoms with van der Waals surface area (Å²) < 4.78 is 15.7. The highest BCUT2D eigenvalue weighted by atomic mass is 35.5. The summed E-state index contributed by atoms with van der Waals surface area (Å²) in [5.41, 5.74) is 2.71. The lowest BCUT2D eigenvalue weighted by molar-refractivity contribution is 0.623. The Morgan fingerprint density at radius 1 is 1.21 bits per heavy atom. The average molecular weight is 293 g/mol. The van der Waals surface area contributed by atoms with Gasteiger partial charge in [-0.2, -0.15) is 0 Å². The SMILES string of the molecule is Fc1cccc(Cn2c(=S)[nH]c3cc(Cl)ccc32)c1. The van der Waals surface area contributed by atoms with Crippen molar-refractivity contribution >= 4 is 34.9 Å². The van der Waals surface area contributed by atoms with E-state index >= 15 is 0 Å². The summed E-state index contributed by atoms with van der Waals surface area (Å²) in [4.78, 5) is 3.10. The van der Waals surface area contributed by atoms with Gasteiger partial charge in [0.2, 0.25) is 0 Å². The van der Waals surface area contributed by atoms with Gasteiger partial charge >= 0.3 is 0 Å². The molecule has 0 bridgehead atoms. The third kappa shape index (κ3) is 2.41. The lowest BCUT2D eigenvalue weighted by atomic mass is 10.2. The number of nitrogens with zero attached hydrogens (tertiary/aromatic N) is 1. The number of aromatic nitrogens is 2. The highest BCUT2D eigenvalue weighted by Crippen LogP contribution is 2.20. The number of H-pyrrole nitrogens is 1. The van der Waals surface area contributed by atoms with Crippen LogP contribution < -0.4 is 0 Å². The maximum Gasteiger partial charge on any atom is 0.178 e. The standard InChI is InChI=1S/C14H10ClFN2S/c15-10-4-5-13-12(7-10)17-14(19)18(13)8-9-2-1-3-11(16)6-9/h1-7H,8H2,(H,17,19). The van der Waals surface area contributed by atoms with Crippen molar-refractivity contribution in [1.29, 1.82) is 0 Å². The molecule has 0 aliphatic heterocycles. The van der Waals surface area contributed by atoms with Gasteiger partial charge in [-0.3, -0.25) is 0 Å². The number of nitrogens with one attached hydrogen (secondary N) is 1. The maximum atomic E-state index is 13.2. The minimum absolute atomic E-state index is 0.244. The molecule has 0 aliphatic rings. The molecule has 0 spiro atoms. The number of halogens is 2. The van der Waals surface area contributed by atoms with Gasteiger partial charge in [-0.05, 0) is 48.1 Å². The Morgan fingerprint density at radius 3 is 2.84 bits per heavy atom. The lowest BCUT2D eigenvalue weighted by Gasteiger charge is -2.05. The molecule has 0 atom stereocenters. The normalized spacial score (nSPS) is 11.1. The van der Waals surface area contributed by atoms with Crippen molar-refractivity contribution < 1.29 is 4.39 Å². The fraction of sp³-hybridized carbons (Fsp3) is 0.0714. The zero-order valence-corrected chi connectivity index (χ0v) is 11.4. The summed E-state index contributed by atoms with van der Waals surface area (Å²) in [6.45, 7) is 0.526. The Kier molecular flexibility index (Phi) is 3.12. The third-order valence-electron chi connectivity index (χ3n) is 2.97. The van der Waals surface area contributed by atoms with E-state index in [1.54, 1.807) is 6.07 Å². The molecule has 3 rings (SSSR count). The van der Waals surface area contributed by atoms with Crippen LogP contribution in [-0.4, -0.2) is 9.55 Å². The van der Waals surface area contributed by atoms with Gasteiger partial charge in [0.05, 0.1) is 17.6 Å². The van der Waals surface area contributed by atoms with Crippen LogP contribution in [0.15, 0.2) is 42.5 Å². The third-order valence-corrected chi connectivity index (χ3v) is 3.52. The van der Waals surface area contributed by atoms with E-state index in [1.807, 2.05) is 28.8 Å². The first-order valence-corrected chi connectivity index (χ1v) is 6.54. The lowest BCUT2D eigenvalue weighted by Crippen LogP contribution is -1.99. The molecule has 1 heterocycles. The van der Waals surface area contributed by atoms with Crippen molar-refractivity contribution in [2.45, 2.75) is 6.54 Å². The van der Waals surface area contributed by atoms with Crippen molar-refractivity contribution in [3.8, 4) is 0 Å². The zero-order valence-electron chi connectivity index (χ0n) is 9.86. The van der Waals surface area contributed by atoms with Crippen molar-refractivity contribution in [2.24, 2.45) is 0 Å². The van der Waals surface area contributed by atoms with Crippen molar-refractivity contribution in [3.63, 3.8) is 0 Å². The van der Waals surface area contributed by atoms with E-state index in [9.17, 15) is 4.39 Å². The van der Waals surface area contributed by atoms with Gasteiger partial charge in [0.25, 0.3) is 0 Å². The second kappa shape index (κ2) is 4.79. The minimum Gasteiger partial charge on any atom is -0.331 e. The van der Waals surface area contributed by atoms with Crippen LogP contribution >= 0.6 is 23.8 Å². The Morgan fingerprint density at radius 2 is 2.05 bits per heavy atom. The molecule has 2 nitrogen and oxygen atoms in total. The van der Waals surface area contributed by atoms with Crippen LogP contribution in [0.25, 0.3) is 11.0 Å². The van der Waals surface area contributed by atoms with E-state index in [1.165, 1.54) is 12.1 Å². The number of hydrogen-bond acceptors (Lipinski definition) is 1. The molecule has 19 heavy (non-hydrogen) atoms. The number of hydrogen-bond donors (Lipinski definition) is 1. The fourth-order valence-corrected chi connectivity index (χ4v) is 2.56. The average Bonchev–Trinajstić information content (AvgIpc) is 2.65. The molecule has 2 aromatic carbocycles. The molecule has 3 aromatic rings. The number of aromatic amines is 1. The Balaban J connectivity index is 2.10. The highest BCUT2D eigenvalue weighted by Gasteiger charge is 2.06. The Hall–Kier alpha value is -1.65. The molecule has 0 amide bonds. The van der Waals surface area contributed by atoms with Crippen molar-refractivity contribution in [1.82, 2.24) is 9.55 Å². The molecule has 0 saturated heterocycles. The quantitative estimate of drug-likeness (QED) is 0.688. The summed E-state index contributed by atoms with van der Waals surface area (Å²) >= 11 is 11.2. The van der Waals surface area contributed by atoms with Gasteiger partial charge in [-0.15, -0.1) is 0 Å². The molecule has 5 heteroatoms. The van der Waals surface area contributed by atoms with Crippen LogP contribution in [0.5, 0.6) is 0 Å². The first-order valence-electron chi connectivity index (χ1n) is 5.76. The first kappa shape index (κ1) is 12.4. The topological polar surface area (TPSA) is 20.7 Å². The molecule has 96 valence electrons. The van der Waals surface area contributed by atoms with Gasteiger partial charge < -0.3 is 9.55 Å². The van der Waals surface area contributed by atoms with E-state index in [0.717, 1.165) is 16.6 Å². The predicted molar refractivity (Wildman–Crippen MR) is 77.6 cm³/mol. The molecular weight excluding hydrogens is 283 g/mol. The Bertz CT molecular complexity index is 807. The van der Waals surface area contributed by atoms with Crippen LogP contribution in [-0.2, 0) is 6.54 Å². The van der Waals surface area contributed by atoms with Crippen LogP contribution in [0.2, 0.25) is 5.02 Å². The zero-order chi connectivity index (χ0) is 13.4. The summed E-state index contributed by atoms with van der Waals surface area (Å²) in [7, 11) is 0. The van der Waals surface area contributed by atoms with Gasteiger partial charge in [-0.1, -0.05) is 23.7 Å². The van der Waals surface area contributed by atoms with E-state index in [0.29, 0.717) is 16.3 Å². The second-order valence-electron chi connectivity index (χ2n) is 4.31. The number of rotatable bonds is 2. The molecule has 0 aliphatic carbocycles. The van der Waals surface area contributed by atoms with Crippen molar-refractivity contribution in [3.05, 3.63) is 63.6 Å². The Labute approximate surface area is 119 Å². The summed E-state index contributed by atoms with van der Waals surface area (Å²) in [5.74, 6) is -0.244. The molecule has 0 fully saturated rings. The number of imidazole rings is 1. The molecule has 0 radical (unpaired) electrons. The monoisotopic (exact) mass is 292 g/mol. The van der Waals surface area contributed by atoms with Crippen molar-refractivity contribution in [2.75, 3.05) is 0 Å².